The molecule has 3 aliphatic heterocycles. The SMILES string of the molecule is Cc1ccc(-c2ccc(-c3ccc(-c4ccc(-c5ccc6c(c5)C5(c7ccccc7Oc7ccc(Cc8ccc(-c9ccc(C%10=C/C=C(/c%11ccc%12c(c%11)C%11(c%13ccccc%13Sc%13ccccc%13%11)c%11ccccc%11-%12)C(C)C\C=N\%10)cc9)c(C)n8)cc75)c5ccccc5-6)cc4)nn3)cc2)c(C)n1. The van der Waals surface area contributed by atoms with Gasteiger partial charge in [-0.15, -0.1) is 10.2 Å². The maximum absolute atomic E-state index is 6.92. The second-order valence-corrected chi connectivity index (χ2v) is 28.6. The van der Waals surface area contributed by atoms with Crippen molar-refractivity contribution in [3.8, 4) is 89.6 Å². The predicted molar refractivity (Wildman–Crippen MR) is 412 cm³/mol. The van der Waals surface area contributed by atoms with E-state index in [4.69, 9.17) is 24.9 Å². The van der Waals surface area contributed by atoms with E-state index in [-0.39, 0.29) is 5.92 Å². The molecule has 2 aliphatic carbocycles. The second kappa shape index (κ2) is 23.9. The summed E-state index contributed by atoms with van der Waals surface area (Å²) in [6, 6.07) is 105. The van der Waals surface area contributed by atoms with Gasteiger partial charge in [0.25, 0.3) is 0 Å². The molecule has 7 heteroatoms. The molecule has 14 aromatic rings. The lowest BCUT2D eigenvalue weighted by molar-refractivity contribution is 0.436. The van der Waals surface area contributed by atoms with Gasteiger partial charge in [0, 0.05) is 84.1 Å². The van der Waals surface area contributed by atoms with Gasteiger partial charge >= 0.3 is 0 Å². The van der Waals surface area contributed by atoms with Crippen LogP contribution in [-0.4, -0.2) is 26.4 Å². The number of aliphatic imine (C=N–C) groups is 1. The van der Waals surface area contributed by atoms with Crippen LogP contribution in [-0.2, 0) is 17.3 Å². The standard InChI is InChI=1S/C94H67N5OS/c1-57-51-52-95-86(47-46-71(57)69-40-44-77-75-16-6-8-18-79(75)94(84(77)56-69)81-20-10-13-23-91(81)101-92-24-14-11-21-82(92)94)65-35-29-64(30-36-65)73-45-41-70(97-60(73)4)53-61-26-50-90-85(54-61)93(80-19-9-12-22-89(80)100-90)78-17-7-5-15-74(78)76-43-39-68(55-83(76)93)62-27-33-66(34-28-62)87-48-49-88(99-98-87)67-37-31-63(32-38-67)72-42-25-58(2)96-59(72)3/h5-50,52,54-57H,51,53H2,1-4H3/b71-46+,86-47-,95-52+. The molecule has 0 N–H and O–H groups in total. The lowest BCUT2D eigenvalue weighted by Crippen LogP contribution is -2.32. The summed E-state index contributed by atoms with van der Waals surface area (Å²) in [5, 5.41) is 9.42. The van der Waals surface area contributed by atoms with Gasteiger partial charge in [-0.05, 0) is 194 Å². The van der Waals surface area contributed by atoms with Crippen LogP contribution in [0.4, 0.5) is 0 Å². The van der Waals surface area contributed by atoms with Crippen LogP contribution in [0.1, 0.15) is 97.3 Å². The number of aryl methyl sites for hydroxylation is 3. The Morgan fingerprint density at radius 3 is 1.49 bits per heavy atom. The van der Waals surface area contributed by atoms with Crippen molar-refractivity contribution in [1.82, 2.24) is 20.2 Å². The number of pyridine rings is 2. The van der Waals surface area contributed by atoms with Crippen LogP contribution in [0.5, 0.6) is 11.5 Å². The zero-order chi connectivity index (χ0) is 67.5. The summed E-state index contributed by atoms with van der Waals surface area (Å²) >= 11 is 1.89. The summed E-state index contributed by atoms with van der Waals surface area (Å²) in [6.07, 6.45) is 8.14. The molecular weight excluding hydrogens is 1250 g/mol. The second-order valence-electron chi connectivity index (χ2n) is 27.5. The molecule has 11 aromatic carbocycles. The minimum absolute atomic E-state index is 0.262. The number of nitrogens with zero attached hydrogens (tertiary/aromatic N) is 5. The first-order valence-electron chi connectivity index (χ1n) is 34.9. The summed E-state index contributed by atoms with van der Waals surface area (Å²) in [5.74, 6) is 1.98. The van der Waals surface area contributed by atoms with E-state index in [1.807, 2.05) is 18.7 Å². The van der Waals surface area contributed by atoms with Crippen molar-refractivity contribution in [3.05, 3.63) is 381 Å². The predicted octanol–water partition coefficient (Wildman–Crippen LogP) is 22.9. The minimum atomic E-state index is -0.653. The number of rotatable bonds is 9. The van der Waals surface area contributed by atoms with E-state index in [2.05, 4.69) is 329 Å². The molecule has 0 bridgehead atoms. The number of fused-ring (bicyclic) bond motifs is 18. The largest absolute Gasteiger partial charge is 0.457 e. The zero-order valence-electron chi connectivity index (χ0n) is 56.4. The van der Waals surface area contributed by atoms with E-state index in [1.54, 1.807) is 0 Å². The number of hydrogen-bond donors (Lipinski definition) is 0. The highest BCUT2D eigenvalue weighted by molar-refractivity contribution is 7.99. The average molecular weight is 1310 g/mol. The highest BCUT2D eigenvalue weighted by Gasteiger charge is 2.52. The monoisotopic (exact) mass is 1310 g/mol. The van der Waals surface area contributed by atoms with Gasteiger partial charge in [0.1, 0.15) is 11.5 Å². The number of ether oxygens (including phenoxy) is 1. The van der Waals surface area contributed by atoms with Crippen molar-refractivity contribution in [3.63, 3.8) is 0 Å². The van der Waals surface area contributed by atoms with Gasteiger partial charge in [-0.25, -0.2) is 0 Å². The molecule has 2 spiro atoms. The van der Waals surface area contributed by atoms with Gasteiger partial charge < -0.3 is 4.74 Å². The Morgan fingerprint density at radius 1 is 0.376 bits per heavy atom. The van der Waals surface area contributed by atoms with Crippen molar-refractivity contribution in [1.29, 1.82) is 0 Å². The lowest BCUT2D eigenvalue weighted by Gasteiger charge is -2.39. The van der Waals surface area contributed by atoms with E-state index in [0.717, 1.165) is 125 Å². The lowest BCUT2D eigenvalue weighted by atomic mass is 9.65. The Hall–Kier alpha value is -11.9. The molecule has 5 aliphatic rings. The van der Waals surface area contributed by atoms with Gasteiger partial charge in [0.05, 0.1) is 27.9 Å². The van der Waals surface area contributed by atoms with E-state index < -0.39 is 10.8 Å². The molecule has 6 heterocycles. The number of hydrogen-bond acceptors (Lipinski definition) is 7. The Bertz CT molecular complexity index is 5780. The van der Waals surface area contributed by atoms with Crippen molar-refractivity contribution < 1.29 is 4.74 Å². The average Bonchev–Trinajstić information content (AvgIpc) is 1.56. The fraction of sp³-hybridized carbons (Fsp3) is 0.0957. The van der Waals surface area contributed by atoms with Crippen LogP contribution in [0, 0.1) is 26.7 Å². The smallest absolute Gasteiger partial charge is 0.132 e. The molecule has 0 amide bonds. The highest BCUT2D eigenvalue weighted by atomic mass is 32.2. The Labute approximate surface area is 593 Å². The molecule has 2 atom stereocenters. The number of para-hydroxylation sites is 1. The minimum Gasteiger partial charge on any atom is -0.457 e. The van der Waals surface area contributed by atoms with E-state index in [1.165, 1.54) is 76.6 Å². The normalized spacial score (nSPS) is 17.4. The number of benzene rings is 11. The third-order valence-corrected chi connectivity index (χ3v) is 22.9. The van der Waals surface area contributed by atoms with Crippen LogP contribution in [0.15, 0.2) is 312 Å². The van der Waals surface area contributed by atoms with E-state index in [9.17, 15) is 0 Å². The molecule has 0 saturated carbocycles. The first kappa shape index (κ1) is 60.3. The Morgan fingerprint density at radius 2 is 0.861 bits per heavy atom. The van der Waals surface area contributed by atoms with Gasteiger partial charge in [0.2, 0.25) is 0 Å². The van der Waals surface area contributed by atoms with Crippen LogP contribution in [0.3, 0.4) is 0 Å². The molecule has 19 rings (SSSR count). The quantitative estimate of drug-likeness (QED) is 0.143. The molecular formula is C94H67N5OS. The molecule has 0 saturated heterocycles. The Balaban J connectivity index is 0.597. The summed E-state index contributed by atoms with van der Waals surface area (Å²) in [5.41, 5.74) is 34.3. The fourth-order valence-corrected chi connectivity index (χ4v) is 18.2. The van der Waals surface area contributed by atoms with Crippen LogP contribution in [0.25, 0.3) is 89.4 Å². The third-order valence-electron chi connectivity index (χ3n) is 21.7. The van der Waals surface area contributed by atoms with Crippen LogP contribution >= 0.6 is 11.8 Å². The van der Waals surface area contributed by atoms with Crippen molar-refractivity contribution in [2.75, 3.05) is 0 Å². The molecule has 6 nitrogen and oxygen atoms in total. The van der Waals surface area contributed by atoms with Gasteiger partial charge in [-0.1, -0.05) is 249 Å². The first-order valence-corrected chi connectivity index (χ1v) is 35.8. The fourth-order valence-electron chi connectivity index (χ4n) is 17.0. The zero-order valence-corrected chi connectivity index (χ0v) is 57.2. The summed E-state index contributed by atoms with van der Waals surface area (Å²) in [6.45, 7) is 8.55. The molecule has 101 heavy (non-hydrogen) atoms. The topological polar surface area (TPSA) is 73.2 Å². The maximum Gasteiger partial charge on any atom is 0.132 e. The molecule has 0 radical (unpaired) electrons. The highest BCUT2D eigenvalue weighted by Crippen LogP contribution is 2.64. The molecule has 2 unspecified atom stereocenters. The van der Waals surface area contributed by atoms with Crippen molar-refractivity contribution >= 4 is 29.2 Å². The van der Waals surface area contributed by atoms with Crippen LogP contribution in [0.2, 0.25) is 0 Å². The van der Waals surface area contributed by atoms with Crippen LogP contribution < -0.4 is 4.74 Å². The number of aromatic nitrogens is 4. The summed E-state index contributed by atoms with van der Waals surface area (Å²) in [7, 11) is 0. The van der Waals surface area contributed by atoms with Crippen molar-refractivity contribution in [2.45, 2.75) is 61.2 Å². The third kappa shape index (κ3) is 9.73. The number of allylic oxidation sites excluding steroid dienone is 3. The van der Waals surface area contributed by atoms with Crippen molar-refractivity contribution in [2.24, 2.45) is 10.9 Å². The first-order chi connectivity index (χ1) is 49.6. The maximum atomic E-state index is 6.92. The molecule has 0 fully saturated rings. The summed E-state index contributed by atoms with van der Waals surface area (Å²) < 4.78 is 6.92. The molecule has 480 valence electrons. The van der Waals surface area contributed by atoms with E-state index in [0.29, 0.717) is 6.42 Å². The van der Waals surface area contributed by atoms with Gasteiger partial charge in [-0.3, -0.25) is 15.0 Å². The Kier molecular flexibility index (Phi) is 14.3. The van der Waals surface area contributed by atoms with Gasteiger partial charge in [-0.2, -0.15) is 0 Å². The summed E-state index contributed by atoms with van der Waals surface area (Å²) in [4.78, 5) is 17.7. The van der Waals surface area contributed by atoms with Gasteiger partial charge in [0.15, 0.2) is 0 Å². The van der Waals surface area contributed by atoms with E-state index >= 15 is 0 Å². The molecule has 3 aromatic heterocycles.